The summed E-state index contributed by atoms with van der Waals surface area (Å²) < 4.78 is 38.1. The number of ether oxygens (including phenoxy) is 2. The van der Waals surface area contributed by atoms with Gasteiger partial charge in [-0.15, -0.1) is 0 Å². The number of hydrogen-bond donors (Lipinski definition) is 1. The molecule has 0 unspecified atom stereocenters. The van der Waals surface area contributed by atoms with Crippen LogP contribution in [0.1, 0.15) is 20.3 Å². The first-order valence-electron chi connectivity index (χ1n) is 8.92. The van der Waals surface area contributed by atoms with Crippen LogP contribution in [0.15, 0.2) is 53.4 Å². The van der Waals surface area contributed by atoms with Crippen LogP contribution in [0.5, 0.6) is 11.5 Å². The lowest BCUT2D eigenvalue weighted by Gasteiger charge is -2.25. The Morgan fingerprint density at radius 3 is 2.29 bits per heavy atom. The molecule has 7 nitrogen and oxygen atoms in total. The third kappa shape index (κ3) is 4.95. The topological polar surface area (TPSA) is 84.9 Å². The van der Waals surface area contributed by atoms with Crippen LogP contribution in [0.2, 0.25) is 0 Å². The van der Waals surface area contributed by atoms with Gasteiger partial charge in [-0.1, -0.05) is 25.1 Å². The summed E-state index contributed by atoms with van der Waals surface area (Å²) in [4.78, 5) is 12.6. The summed E-state index contributed by atoms with van der Waals surface area (Å²) in [5, 5.41) is 2.80. The highest BCUT2D eigenvalue weighted by molar-refractivity contribution is 7.92. The Morgan fingerprint density at radius 1 is 1.07 bits per heavy atom. The lowest BCUT2D eigenvalue weighted by Crippen LogP contribution is -2.43. The molecule has 0 aliphatic heterocycles. The van der Waals surface area contributed by atoms with E-state index >= 15 is 0 Å². The van der Waals surface area contributed by atoms with Gasteiger partial charge in [0.1, 0.15) is 6.54 Å². The Morgan fingerprint density at radius 2 is 1.71 bits per heavy atom. The van der Waals surface area contributed by atoms with Gasteiger partial charge in [0.2, 0.25) is 5.91 Å². The van der Waals surface area contributed by atoms with Crippen molar-refractivity contribution in [3.63, 3.8) is 0 Å². The highest BCUT2D eigenvalue weighted by Gasteiger charge is 2.28. The zero-order chi connectivity index (χ0) is 20.7. The molecule has 0 fully saturated rings. The van der Waals surface area contributed by atoms with Crippen molar-refractivity contribution in [2.75, 3.05) is 25.1 Å². The number of carbonyl (C=O) groups excluding carboxylic acids is 1. The third-order valence-electron chi connectivity index (χ3n) is 4.29. The third-order valence-corrected chi connectivity index (χ3v) is 6.08. The molecule has 1 atom stereocenters. The van der Waals surface area contributed by atoms with E-state index < -0.39 is 10.0 Å². The summed E-state index contributed by atoms with van der Waals surface area (Å²) in [6, 6.07) is 12.7. The predicted octanol–water partition coefficient (Wildman–Crippen LogP) is 2.81. The van der Waals surface area contributed by atoms with E-state index in [1.165, 1.54) is 32.4 Å². The van der Waals surface area contributed by atoms with Crippen LogP contribution in [0.3, 0.4) is 0 Å². The van der Waals surface area contributed by atoms with E-state index in [9.17, 15) is 13.2 Å². The number of rotatable bonds is 9. The predicted molar refractivity (Wildman–Crippen MR) is 108 cm³/mol. The van der Waals surface area contributed by atoms with E-state index in [1.54, 1.807) is 30.3 Å². The van der Waals surface area contributed by atoms with Crippen LogP contribution in [0.25, 0.3) is 0 Å². The molecule has 0 radical (unpaired) electrons. The summed E-state index contributed by atoms with van der Waals surface area (Å²) in [7, 11) is -0.999. The Balaban J connectivity index is 2.49. The summed E-state index contributed by atoms with van der Waals surface area (Å²) >= 11 is 0. The summed E-state index contributed by atoms with van der Waals surface area (Å²) in [6.45, 7) is 3.46. The van der Waals surface area contributed by atoms with Gasteiger partial charge in [-0.05, 0) is 37.6 Å². The maximum atomic E-state index is 13.3. The molecule has 0 bridgehead atoms. The molecule has 0 saturated carbocycles. The highest BCUT2D eigenvalue weighted by atomic mass is 32.2. The maximum absolute atomic E-state index is 13.3. The van der Waals surface area contributed by atoms with Crippen LogP contribution in [-0.4, -0.2) is 41.1 Å². The van der Waals surface area contributed by atoms with Gasteiger partial charge in [0.15, 0.2) is 11.5 Å². The lowest BCUT2D eigenvalue weighted by molar-refractivity contribution is -0.120. The number of amides is 1. The molecule has 2 rings (SSSR count). The van der Waals surface area contributed by atoms with Gasteiger partial charge in [0, 0.05) is 12.1 Å². The van der Waals surface area contributed by atoms with Crippen LogP contribution >= 0.6 is 0 Å². The number of hydrogen-bond acceptors (Lipinski definition) is 5. The van der Waals surface area contributed by atoms with E-state index in [2.05, 4.69) is 5.32 Å². The van der Waals surface area contributed by atoms with Gasteiger partial charge in [-0.2, -0.15) is 0 Å². The van der Waals surface area contributed by atoms with Crippen LogP contribution in [0.4, 0.5) is 5.69 Å². The number of benzene rings is 2. The van der Waals surface area contributed by atoms with Crippen molar-refractivity contribution in [1.82, 2.24) is 5.32 Å². The minimum Gasteiger partial charge on any atom is -0.493 e. The smallest absolute Gasteiger partial charge is 0.264 e. The first kappa shape index (κ1) is 21.6. The van der Waals surface area contributed by atoms with Gasteiger partial charge in [0.05, 0.1) is 24.8 Å². The average Bonchev–Trinajstić information content (AvgIpc) is 2.71. The fourth-order valence-corrected chi connectivity index (χ4v) is 4.00. The molecule has 0 saturated heterocycles. The zero-order valence-corrected chi connectivity index (χ0v) is 17.3. The molecule has 0 aliphatic carbocycles. The van der Waals surface area contributed by atoms with E-state index in [4.69, 9.17) is 9.47 Å². The highest BCUT2D eigenvalue weighted by Crippen LogP contribution is 2.33. The van der Waals surface area contributed by atoms with Crippen molar-refractivity contribution in [2.45, 2.75) is 31.2 Å². The van der Waals surface area contributed by atoms with E-state index in [0.717, 1.165) is 10.7 Å². The van der Waals surface area contributed by atoms with E-state index in [1.807, 2.05) is 13.8 Å². The second kappa shape index (κ2) is 9.45. The van der Waals surface area contributed by atoms with Gasteiger partial charge in [0.25, 0.3) is 10.0 Å². The maximum Gasteiger partial charge on any atom is 0.264 e. The van der Waals surface area contributed by atoms with Gasteiger partial charge in [-0.3, -0.25) is 9.10 Å². The van der Waals surface area contributed by atoms with E-state index in [0.29, 0.717) is 17.2 Å². The molecule has 0 heterocycles. The Bertz CT molecular complexity index is 900. The van der Waals surface area contributed by atoms with Crippen molar-refractivity contribution < 1.29 is 22.7 Å². The Kier molecular flexibility index (Phi) is 7.28. The minimum absolute atomic E-state index is 0.0563. The van der Waals surface area contributed by atoms with Gasteiger partial charge < -0.3 is 14.8 Å². The standard InChI is InChI=1S/C20H26N2O5S/c1-5-15(2)21-20(23)14-22(28(24,25)17-9-7-6-8-10-17)16-11-12-18(26-3)19(13-16)27-4/h6-13,15H,5,14H2,1-4H3,(H,21,23)/t15-/m1/s1. The summed E-state index contributed by atoms with van der Waals surface area (Å²) in [5.41, 5.74) is 0.306. The molecular weight excluding hydrogens is 380 g/mol. The summed E-state index contributed by atoms with van der Waals surface area (Å²) in [5.74, 6) is 0.451. The number of carbonyl (C=O) groups is 1. The first-order valence-corrected chi connectivity index (χ1v) is 10.4. The Labute approximate surface area is 166 Å². The molecule has 0 spiro atoms. The molecule has 8 heteroatoms. The largest absolute Gasteiger partial charge is 0.493 e. The molecule has 152 valence electrons. The SMILES string of the molecule is CC[C@@H](C)NC(=O)CN(c1ccc(OC)c(OC)c1)S(=O)(=O)c1ccccc1. The number of nitrogens with one attached hydrogen (secondary N) is 1. The second-order valence-corrected chi connectivity index (χ2v) is 8.10. The number of nitrogens with zero attached hydrogens (tertiary/aromatic N) is 1. The Hall–Kier alpha value is -2.74. The molecule has 2 aromatic carbocycles. The van der Waals surface area contributed by atoms with Crippen LogP contribution in [0, 0.1) is 0 Å². The fraction of sp³-hybridized carbons (Fsp3) is 0.350. The number of methoxy groups -OCH3 is 2. The molecular formula is C20H26N2O5S. The lowest BCUT2D eigenvalue weighted by atomic mass is 10.2. The quantitative estimate of drug-likeness (QED) is 0.692. The number of anilines is 1. The number of sulfonamides is 1. The summed E-state index contributed by atoms with van der Waals surface area (Å²) in [6.07, 6.45) is 0.744. The van der Waals surface area contributed by atoms with E-state index in [-0.39, 0.29) is 23.4 Å². The van der Waals surface area contributed by atoms with Crippen LogP contribution in [-0.2, 0) is 14.8 Å². The molecule has 28 heavy (non-hydrogen) atoms. The normalized spacial score (nSPS) is 12.1. The van der Waals surface area contributed by atoms with Crippen molar-refractivity contribution in [3.05, 3.63) is 48.5 Å². The average molecular weight is 407 g/mol. The van der Waals surface area contributed by atoms with Crippen molar-refractivity contribution in [3.8, 4) is 11.5 Å². The first-order chi connectivity index (χ1) is 13.3. The molecule has 1 amide bonds. The monoisotopic (exact) mass is 406 g/mol. The van der Waals surface area contributed by atoms with Crippen molar-refractivity contribution >= 4 is 21.6 Å². The van der Waals surface area contributed by atoms with Crippen molar-refractivity contribution in [2.24, 2.45) is 0 Å². The molecule has 0 aromatic heterocycles. The zero-order valence-electron chi connectivity index (χ0n) is 16.5. The van der Waals surface area contributed by atoms with Crippen LogP contribution < -0.4 is 19.1 Å². The fourth-order valence-electron chi connectivity index (χ4n) is 2.57. The van der Waals surface area contributed by atoms with Crippen molar-refractivity contribution in [1.29, 1.82) is 0 Å². The van der Waals surface area contributed by atoms with Gasteiger partial charge in [-0.25, -0.2) is 8.42 Å². The molecule has 2 aromatic rings. The molecule has 1 N–H and O–H groups in total. The second-order valence-electron chi connectivity index (χ2n) is 6.24. The van der Waals surface area contributed by atoms with Gasteiger partial charge >= 0.3 is 0 Å². The molecule has 0 aliphatic rings. The minimum atomic E-state index is -3.96.